The molecule has 0 aromatic heterocycles. The summed E-state index contributed by atoms with van der Waals surface area (Å²) in [5.74, 6) is -2.22. The van der Waals surface area contributed by atoms with Gasteiger partial charge in [0.05, 0.1) is 0 Å². The Morgan fingerprint density at radius 2 is 1.87 bits per heavy atom. The van der Waals surface area contributed by atoms with Crippen LogP contribution in [0.3, 0.4) is 0 Å². The van der Waals surface area contributed by atoms with E-state index in [4.69, 9.17) is 4.74 Å². The number of carboxylic acids is 1. The normalized spacial score (nSPS) is 21.3. The van der Waals surface area contributed by atoms with Gasteiger partial charge in [-0.2, -0.15) is 0 Å². The molecule has 1 fully saturated rings. The number of hydrogen-bond acceptors (Lipinski definition) is 4. The van der Waals surface area contributed by atoms with Crippen LogP contribution in [0, 0.1) is 5.92 Å². The van der Waals surface area contributed by atoms with E-state index >= 15 is 0 Å². The molecule has 1 aliphatic heterocycles. The van der Waals surface area contributed by atoms with Crippen LogP contribution < -0.4 is 0 Å². The summed E-state index contributed by atoms with van der Waals surface area (Å²) >= 11 is 0. The second-order valence-corrected chi connectivity index (χ2v) is 6.66. The minimum Gasteiger partial charge on any atom is -0.480 e. The van der Waals surface area contributed by atoms with Crippen molar-refractivity contribution in [2.45, 2.75) is 45.3 Å². The van der Waals surface area contributed by atoms with Gasteiger partial charge in [0.2, 0.25) is 5.91 Å². The van der Waals surface area contributed by atoms with Crippen LogP contribution in [-0.4, -0.2) is 39.6 Å². The number of carboxylic acid groups (broad SMARTS) is 1. The third-order valence-electron chi connectivity index (χ3n) is 3.61. The zero-order chi connectivity index (χ0) is 17.2. The molecule has 1 aromatic carbocycles. The molecule has 0 unspecified atom stereocenters. The number of carbonyl (C=O) groups excluding carboxylic acids is 2. The summed E-state index contributed by atoms with van der Waals surface area (Å²) in [5.41, 5.74) is 0.138. The summed E-state index contributed by atoms with van der Waals surface area (Å²) in [7, 11) is 0. The fraction of sp³-hybridized carbons (Fsp3) is 0.471. The molecule has 0 spiro atoms. The molecule has 0 bridgehead atoms. The number of aliphatic carboxylic acids is 1. The number of ether oxygens (including phenoxy) is 1. The van der Waals surface area contributed by atoms with Gasteiger partial charge in [0, 0.05) is 5.92 Å². The first-order valence-electron chi connectivity index (χ1n) is 7.52. The van der Waals surface area contributed by atoms with Crippen LogP contribution in [0.2, 0.25) is 0 Å². The van der Waals surface area contributed by atoms with Crippen LogP contribution in [0.15, 0.2) is 30.3 Å². The fourth-order valence-electron chi connectivity index (χ4n) is 2.63. The van der Waals surface area contributed by atoms with Gasteiger partial charge in [-0.05, 0) is 39.2 Å². The van der Waals surface area contributed by atoms with Crippen LogP contribution in [-0.2, 0) is 20.7 Å². The molecular weight excluding hydrogens is 298 g/mol. The summed E-state index contributed by atoms with van der Waals surface area (Å²) < 4.78 is 5.17. The third-order valence-corrected chi connectivity index (χ3v) is 3.61. The molecule has 2 atom stereocenters. The summed E-state index contributed by atoms with van der Waals surface area (Å²) in [4.78, 5) is 36.9. The summed E-state index contributed by atoms with van der Waals surface area (Å²) in [6.45, 7) is 5.01. The molecule has 0 radical (unpaired) electrons. The largest absolute Gasteiger partial charge is 0.480 e. The number of rotatable bonds is 3. The smallest absolute Gasteiger partial charge is 0.417 e. The van der Waals surface area contributed by atoms with Crippen molar-refractivity contribution in [1.82, 2.24) is 4.90 Å². The predicted octanol–water partition coefficient (Wildman–Crippen LogP) is 2.47. The molecule has 2 rings (SSSR count). The van der Waals surface area contributed by atoms with E-state index in [2.05, 4.69) is 0 Å². The molecule has 1 saturated heterocycles. The second kappa shape index (κ2) is 6.40. The lowest BCUT2D eigenvalue weighted by molar-refractivity contribution is -0.145. The standard InChI is InChI=1S/C17H21NO5/c1-17(2,3)23-16(22)18-13(15(20)21)10-12(14(18)19)9-11-7-5-4-6-8-11/h4-8,12-13H,9-10H2,1-3H3,(H,20,21)/t12-,13-/m0/s1. The van der Waals surface area contributed by atoms with Crippen LogP contribution in [0.25, 0.3) is 0 Å². The monoisotopic (exact) mass is 319 g/mol. The number of carbonyl (C=O) groups is 3. The molecule has 1 aliphatic rings. The fourth-order valence-corrected chi connectivity index (χ4v) is 2.63. The lowest BCUT2D eigenvalue weighted by atomic mass is 9.96. The van der Waals surface area contributed by atoms with E-state index in [0.29, 0.717) is 6.42 Å². The van der Waals surface area contributed by atoms with Gasteiger partial charge in [0.25, 0.3) is 0 Å². The summed E-state index contributed by atoms with van der Waals surface area (Å²) in [6.07, 6.45) is -0.393. The first-order valence-corrected chi connectivity index (χ1v) is 7.52. The SMILES string of the molecule is CC(C)(C)OC(=O)N1C(=O)[C@@H](Cc2ccccc2)C[C@H]1C(=O)O. The lowest BCUT2D eigenvalue weighted by Crippen LogP contribution is -2.45. The molecule has 1 N–H and O–H groups in total. The van der Waals surface area contributed by atoms with Gasteiger partial charge in [-0.25, -0.2) is 14.5 Å². The molecule has 1 heterocycles. The van der Waals surface area contributed by atoms with E-state index in [-0.39, 0.29) is 6.42 Å². The topological polar surface area (TPSA) is 83.9 Å². The Hall–Kier alpha value is -2.37. The van der Waals surface area contributed by atoms with Crippen LogP contribution in [0.5, 0.6) is 0 Å². The van der Waals surface area contributed by atoms with Crippen molar-refractivity contribution in [2.75, 3.05) is 0 Å². The first-order chi connectivity index (χ1) is 10.7. The van der Waals surface area contributed by atoms with E-state index in [1.54, 1.807) is 20.8 Å². The maximum absolute atomic E-state index is 12.5. The van der Waals surface area contributed by atoms with Crippen LogP contribution in [0.1, 0.15) is 32.8 Å². The number of hydrogen-bond donors (Lipinski definition) is 1. The molecule has 124 valence electrons. The number of benzene rings is 1. The van der Waals surface area contributed by atoms with E-state index in [1.165, 1.54) is 0 Å². The minimum atomic E-state index is -1.19. The number of amides is 2. The van der Waals surface area contributed by atoms with Crippen LogP contribution in [0.4, 0.5) is 4.79 Å². The number of imide groups is 1. The van der Waals surface area contributed by atoms with Gasteiger partial charge < -0.3 is 9.84 Å². The zero-order valence-corrected chi connectivity index (χ0v) is 13.5. The lowest BCUT2D eigenvalue weighted by Gasteiger charge is -2.25. The molecule has 0 saturated carbocycles. The summed E-state index contributed by atoms with van der Waals surface area (Å²) in [6, 6.07) is 8.15. The van der Waals surface area contributed by atoms with Crippen molar-refractivity contribution >= 4 is 18.0 Å². The van der Waals surface area contributed by atoms with Crippen molar-refractivity contribution in [3.63, 3.8) is 0 Å². The number of nitrogens with zero attached hydrogens (tertiary/aromatic N) is 1. The highest BCUT2D eigenvalue weighted by atomic mass is 16.6. The zero-order valence-electron chi connectivity index (χ0n) is 13.5. The average molecular weight is 319 g/mol. The maximum atomic E-state index is 12.5. The van der Waals surface area contributed by atoms with Crippen molar-refractivity contribution in [2.24, 2.45) is 5.92 Å². The van der Waals surface area contributed by atoms with Crippen LogP contribution >= 0.6 is 0 Å². The van der Waals surface area contributed by atoms with Gasteiger partial charge >= 0.3 is 12.1 Å². The quantitative estimate of drug-likeness (QED) is 0.925. The molecule has 1 aromatic rings. The molecule has 0 aliphatic carbocycles. The van der Waals surface area contributed by atoms with Crippen molar-refractivity contribution < 1.29 is 24.2 Å². The van der Waals surface area contributed by atoms with Gasteiger partial charge in [-0.1, -0.05) is 30.3 Å². The van der Waals surface area contributed by atoms with E-state index < -0.39 is 35.5 Å². The van der Waals surface area contributed by atoms with E-state index in [0.717, 1.165) is 10.5 Å². The Morgan fingerprint density at radius 1 is 1.26 bits per heavy atom. The van der Waals surface area contributed by atoms with Gasteiger partial charge in [-0.3, -0.25) is 4.79 Å². The Labute approximate surface area is 135 Å². The van der Waals surface area contributed by atoms with Crippen molar-refractivity contribution in [3.05, 3.63) is 35.9 Å². The maximum Gasteiger partial charge on any atom is 0.417 e. The van der Waals surface area contributed by atoms with E-state index in [9.17, 15) is 19.5 Å². The first kappa shape index (κ1) is 17.0. The van der Waals surface area contributed by atoms with E-state index in [1.807, 2.05) is 30.3 Å². The molecule has 6 nitrogen and oxygen atoms in total. The molecule has 23 heavy (non-hydrogen) atoms. The highest BCUT2D eigenvalue weighted by molar-refractivity contribution is 6.00. The second-order valence-electron chi connectivity index (χ2n) is 6.66. The molecular formula is C17H21NO5. The Balaban J connectivity index is 2.18. The molecule has 6 heteroatoms. The Bertz CT molecular complexity index is 605. The third kappa shape index (κ3) is 4.09. The highest BCUT2D eigenvalue weighted by Gasteiger charge is 2.48. The van der Waals surface area contributed by atoms with Gasteiger partial charge in [0.1, 0.15) is 11.6 Å². The Kier molecular flexibility index (Phi) is 4.73. The summed E-state index contributed by atoms with van der Waals surface area (Å²) in [5, 5.41) is 9.33. The Morgan fingerprint density at radius 3 is 2.39 bits per heavy atom. The predicted molar refractivity (Wildman–Crippen MR) is 82.8 cm³/mol. The number of likely N-dealkylation sites (tertiary alicyclic amines) is 1. The highest BCUT2D eigenvalue weighted by Crippen LogP contribution is 2.29. The van der Waals surface area contributed by atoms with Gasteiger partial charge in [0.15, 0.2) is 0 Å². The van der Waals surface area contributed by atoms with Gasteiger partial charge in [-0.15, -0.1) is 0 Å². The van der Waals surface area contributed by atoms with Crippen molar-refractivity contribution in [3.8, 4) is 0 Å². The average Bonchev–Trinajstić information content (AvgIpc) is 2.76. The minimum absolute atomic E-state index is 0.0995. The molecule has 2 amide bonds. The van der Waals surface area contributed by atoms with Crippen molar-refractivity contribution in [1.29, 1.82) is 0 Å².